The molecule has 7 heteroatoms. The molecule has 0 saturated heterocycles. The standard InChI is InChI=1S/Fe.H2O4S.Zr/c;1-5(2,3)4;/h;(H2,1,2,3,4);. The van der Waals surface area contributed by atoms with Crippen molar-refractivity contribution in [3.63, 3.8) is 0 Å². The fourth-order valence-corrected chi connectivity index (χ4v) is 0. The van der Waals surface area contributed by atoms with Crippen molar-refractivity contribution in [3.05, 3.63) is 0 Å². The molecule has 0 aromatic heterocycles. The van der Waals surface area contributed by atoms with E-state index in [1.807, 2.05) is 0 Å². The van der Waals surface area contributed by atoms with Crippen molar-refractivity contribution >= 4 is 10.4 Å². The maximum Gasteiger partial charge on any atom is 0.394 e. The van der Waals surface area contributed by atoms with Gasteiger partial charge in [-0.2, -0.15) is 8.42 Å². The van der Waals surface area contributed by atoms with E-state index >= 15 is 0 Å². The van der Waals surface area contributed by atoms with E-state index in [4.69, 9.17) is 17.5 Å². The van der Waals surface area contributed by atoms with E-state index in [0.717, 1.165) is 0 Å². The molecule has 0 amide bonds. The first-order chi connectivity index (χ1) is 2.00. The van der Waals surface area contributed by atoms with Gasteiger partial charge in [0.2, 0.25) is 0 Å². The summed E-state index contributed by atoms with van der Waals surface area (Å²) in [5.74, 6) is 0. The summed E-state index contributed by atoms with van der Waals surface area (Å²) in [5, 5.41) is 0. The molecule has 44 valence electrons. The van der Waals surface area contributed by atoms with Crippen LogP contribution < -0.4 is 0 Å². The normalized spacial score (nSPS) is 8.29. The van der Waals surface area contributed by atoms with Gasteiger partial charge in [-0.05, 0) is 0 Å². The molecular weight excluding hydrogens is 243 g/mol. The second kappa shape index (κ2) is 5.41. The fourth-order valence-electron chi connectivity index (χ4n) is 0. The van der Waals surface area contributed by atoms with Crippen molar-refractivity contribution in [3.8, 4) is 0 Å². The predicted octanol–water partition coefficient (Wildman–Crippen LogP) is -0.658. The molecule has 0 radical (unpaired) electrons. The first kappa shape index (κ1) is 15.7. The van der Waals surface area contributed by atoms with Crippen molar-refractivity contribution in [2.24, 2.45) is 0 Å². The van der Waals surface area contributed by atoms with E-state index in [2.05, 4.69) is 0 Å². The van der Waals surface area contributed by atoms with Gasteiger partial charge in [-0.25, -0.2) is 0 Å². The molecule has 0 rings (SSSR count). The number of rotatable bonds is 0. The van der Waals surface area contributed by atoms with Crippen molar-refractivity contribution in [2.75, 3.05) is 0 Å². The third-order valence-corrected chi connectivity index (χ3v) is 0. The molecule has 0 fully saturated rings. The molecule has 7 heavy (non-hydrogen) atoms. The molecule has 0 aliphatic carbocycles. The van der Waals surface area contributed by atoms with Gasteiger partial charge in [-0.15, -0.1) is 0 Å². The molecule has 0 saturated carbocycles. The molecule has 0 spiro atoms. The van der Waals surface area contributed by atoms with Gasteiger partial charge in [0.05, 0.1) is 0 Å². The summed E-state index contributed by atoms with van der Waals surface area (Å²) in [5.41, 5.74) is 0. The van der Waals surface area contributed by atoms with Gasteiger partial charge < -0.3 is 0 Å². The molecule has 4 nitrogen and oxygen atoms in total. The molecule has 0 unspecified atom stereocenters. The van der Waals surface area contributed by atoms with Crippen LogP contribution in [-0.2, 0) is 53.7 Å². The Morgan fingerprint density at radius 1 is 1.14 bits per heavy atom. The van der Waals surface area contributed by atoms with Crippen LogP contribution >= 0.6 is 0 Å². The quantitative estimate of drug-likeness (QED) is 0.439. The van der Waals surface area contributed by atoms with E-state index < -0.39 is 10.4 Å². The molecule has 0 aromatic rings. The number of hydrogen-bond donors (Lipinski definition) is 2. The molecule has 2 N–H and O–H groups in total. The average molecular weight is 245 g/mol. The summed E-state index contributed by atoms with van der Waals surface area (Å²) in [7, 11) is -4.67. The Balaban J connectivity index is -0.0000000800. The van der Waals surface area contributed by atoms with Gasteiger partial charge in [0.1, 0.15) is 0 Å². The van der Waals surface area contributed by atoms with Gasteiger partial charge >= 0.3 is 10.4 Å². The second-order valence-corrected chi connectivity index (χ2v) is 1.34. The summed E-state index contributed by atoms with van der Waals surface area (Å²) in [6, 6.07) is 0. The van der Waals surface area contributed by atoms with Crippen molar-refractivity contribution < 1.29 is 60.8 Å². The third kappa shape index (κ3) is 125. The Hall–Kier alpha value is 1.27. The average Bonchev–Trinajstić information content (AvgIpc) is 0.722. The molecule has 0 aliphatic heterocycles. The maximum atomic E-state index is 8.74. The largest absolute Gasteiger partial charge is 0.394 e. The monoisotopic (exact) mass is 244 g/mol. The minimum Gasteiger partial charge on any atom is -0.264 e. The summed E-state index contributed by atoms with van der Waals surface area (Å²) >= 11 is 0. The van der Waals surface area contributed by atoms with Crippen LogP contribution in [0.2, 0.25) is 0 Å². The van der Waals surface area contributed by atoms with E-state index in [9.17, 15) is 0 Å². The zero-order valence-corrected chi connectivity index (χ0v) is 7.35. The Kier molecular flexibility index (Phi) is 12.2. The van der Waals surface area contributed by atoms with Crippen molar-refractivity contribution in [2.45, 2.75) is 0 Å². The summed E-state index contributed by atoms with van der Waals surface area (Å²) < 4.78 is 31.6. The van der Waals surface area contributed by atoms with E-state index in [1.165, 1.54) is 0 Å². The van der Waals surface area contributed by atoms with Gasteiger partial charge in [0.15, 0.2) is 0 Å². The van der Waals surface area contributed by atoms with E-state index in [-0.39, 0.29) is 43.3 Å². The van der Waals surface area contributed by atoms with Crippen molar-refractivity contribution in [1.82, 2.24) is 0 Å². The maximum absolute atomic E-state index is 8.74. The Labute approximate surface area is 70.9 Å². The van der Waals surface area contributed by atoms with Crippen molar-refractivity contribution in [1.29, 1.82) is 0 Å². The van der Waals surface area contributed by atoms with Gasteiger partial charge in [0, 0.05) is 43.3 Å². The summed E-state index contributed by atoms with van der Waals surface area (Å²) in [4.78, 5) is 0. The second-order valence-electron chi connectivity index (χ2n) is 0.448. The molecule has 0 bridgehead atoms. The Morgan fingerprint density at radius 2 is 1.14 bits per heavy atom. The SMILES string of the molecule is O=S(=O)(O)O.[Fe].[Zr]. The van der Waals surface area contributed by atoms with E-state index in [0.29, 0.717) is 0 Å². The first-order valence-corrected chi connectivity index (χ1v) is 2.10. The summed E-state index contributed by atoms with van der Waals surface area (Å²) in [6.45, 7) is 0. The van der Waals surface area contributed by atoms with Crippen LogP contribution in [0, 0.1) is 0 Å². The molecule has 0 heterocycles. The van der Waals surface area contributed by atoms with E-state index in [1.54, 1.807) is 0 Å². The van der Waals surface area contributed by atoms with Crippen LogP contribution in [-0.4, -0.2) is 17.5 Å². The van der Waals surface area contributed by atoms with Crippen LogP contribution in [0.1, 0.15) is 0 Å². The van der Waals surface area contributed by atoms with Crippen LogP contribution in [0.5, 0.6) is 0 Å². The van der Waals surface area contributed by atoms with Crippen LogP contribution in [0.3, 0.4) is 0 Å². The molecule has 0 atom stereocenters. The summed E-state index contributed by atoms with van der Waals surface area (Å²) in [6.07, 6.45) is 0. The zero-order chi connectivity index (χ0) is 4.50. The smallest absolute Gasteiger partial charge is 0.264 e. The zero-order valence-electron chi connectivity index (χ0n) is 2.97. The third-order valence-electron chi connectivity index (χ3n) is 0. The minimum atomic E-state index is -4.67. The van der Waals surface area contributed by atoms with Gasteiger partial charge in [-0.3, -0.25) is 9.11 Å². The van der Waals surface area contributed by atoms with Crippen LogP contribution in [0.25, 0.3) is 0 Å². The van der Waals surface area contributed by atoms with Gasteiger partial charge in [0.25, 0.3) is 0 Å². The molecule has 0 aliphatic rings. The predicted molar refractivity (Wildman–Crippen MR) is 14.2 cm³/mol. The first-order valence-electron chi connectivity index (χ1n) is 0.698. The fraction of sp³-hybridized carbons (Fsp3) is 0. The Bertz CT molecular complexity index is 94.9. The topological polar surface area (TPSA) is 74.6 Å². The van der Waals surface area contributed by atoms with Crippen LogP contribution in [0.4, 0.5) is 0 Å². The molecule has 0 aromatic carbocycles. The number of hydrogen-bond acceptors (Lipinski definition) is 2. The minimum absolute atomic E-state index is 0. The Morgan fingerprint density at radius 3 is 1.14 bits per heavy atom. The van der Waals surface area contributed by atoms with Crippen LogP contribution in [0.15, 0.2) is 0 Å². The molecular formula is H2FeO4SZr. The van der Waals surface area contributed by atoms with Gasteiger partial charge in [-0.1, -0.05) is 0 Å².